The Bertz CT molecular complexity index is 1050. The summed E-state index contributed by atoms with van der Waals surface area (Å²) in [6.07, 6.45) is 8.28. The van der Waals surface area contributed by atoms with E-state index in [1.54, 1.807) is 0 Å². The summed E-state index contributed by atoms with van der Waals surface area (Å²) < 4.78 is 18.8. The molecule has 6 rings (SSSR count). The van der Waals surface area contributed by atoms with Gasteiger partial charge in [-0.3, -0.25) is 14.6 Å². The first-order valence-corrected chi connectivity index (χ1v) is 10.9. The number of benzene rings is 1. The molecule has 162 valence electrons. The number of carbonyl (C=O) groups is 2. The molecule has 3 saturated carbocycles. The number of aromatic nitrogens is 1. The van der Waals surface area contributed by atoms with Gasteiger partial charge in [0, 0.05) is 23.3 Å². The van der Waals surface area contributed by atoms with Gasteiger partial charge in [0.1, 0.15) is 17.3 Å². The highest BCUT2D eigenvalue weighted by atomic mass is 35.5. The van der Waals surface area contributed by atoms with Crippen molar-refractivity contribution in [2.45, 2.75) is 56.0 Å². The fourth-order valence-corrected chi connectivity index (χ4v) is 5.26. The van der Waals surface area contributed by atoms with Crippen molar-refractivity contribution in [3.63, 3.8) is 0 Å². The van der Waals surface area contributed by atoms with Gasteiger partial charge in [0.15, 0.2) is 6.61 Å². The predicted molar refractivity (Wildman–Crippen MR) is 113 cm³/mol. The zero-order chi connectivity index (χ0) is 21.6. The second-order valence-corrected chi connectivity index (χ2v) is 9.41. The Morgan fingerprint density at radius 2 is 1.77 bits per heavy atom. The van der Waals surface area contributed by atoms with E-state index >= 15 is 0 Å². The van der Waals surface area contributed by atoms with E-state index in [1.165, 1.54) is 29.7 Å². The van der Waals surface area contributed by atoms with E-state index in [-0.39, 0.29) is 40.3 Å². The molecule has 0 atom stereocenters. The molecule has 2 amide bonds. The molecular formula is C23H23ClFN3O3. The average Bonchev–Trinajstić information content (AvgIpc) is 2.71. The predicted octanol–water partition coefficient (Wildman–Crippen LogP) is 3.35. The van der Waals surface area contributed by atoms with Gasteiger partial charge in [-0.1, -0.05) is 11.6 Å². The highest BCUT2D eigenvalue weighted by Gasteiger charge is 2.69. The molecule has 8 heteroatoms. The lowest BCUT2D eigenvalue weighted by atomic mass is 9.44. The third-order valence-electron chi connectivity index (χ3n) is 6.53. The average molecular weight is 444 g/mol. The number of rotatable bonds is 6. The summed E-state index contributed by atoms with van der Waals surface area (Å²) in [4.78, 5) is 29.3. The Hall–Kier alpha value is -2.67. The van der Waals surface area contributed by atoms with Gasteiger partial charge in [-0.25, -0.2) is 4.39 Å². The minimum atomic E-state index is -0.593. The molecule has 3 fully saturated rings. The molecule has 2 aromatic rings. The SMILES string of the molecule is O=C(COc1ccc(Cl)c(F)c1)NC12CC(NC(=O)c3cc4c(cn3)CCCC4)(C1)C2. The molecule has 0 saturated heterocycles. The van der Waals surface area contributed by atoms with E-state index in [0.717, 1.165) is 25.3 Å². The normalized spacial score (nSPS) is 25.5. The Labute approximate surface area is 184 Å². The number of nitrogens with one attached hydrogen (secondary N) is 2. The molecule has 0 aliphatic heterocycles. The molecule has 4 aliphatic rings. The Morgan fingerprint density at radius 1 is 1.06 bits per heavy atom. The van der Waals surface area contributed by atoms with Crippen LogP contribution in [0.1, 0.15) is 53.7 Å². The van der Waals surface area contributed by atoms with Crippen LogP contribution >= 0.6 is 11.6 Å². The molecule has 2 N–H and O–H groups in total. The van der Waals surface area contributed by atoms with E-state index < -0.39 is 5.82 Å². The highest BCUT2D eigenvalue weighted by molar-refractivity contribution is 6.30. The second-order valence-electron chi connectivity index (χ2n) is 9.00. The number of halogens is 2. The fourth-order valence-electron chi connectivity index (χ4n) is 5.14. The van der Waals surface area contributed by atoms with Crippen molar-refractivity contribution in [1.82, 2.24) is 15.6 Å². The first-order valence-electron chi connectivity index (χ1n) is 10.5. The molecule has 1 heterocycles. The molecule has 2 bridgehead atoms. The lowest BCUT2D eigenvalue weighted by Gasteiger charge is -2.70. The van der Waals surface area contributed by atoms with Gasteiger partial charge in [-0.05, 0) is 74.3 Å². The quantitative estimate of drug-likeness (QED) is 0.717. The molecule has 0 unspecified atom stereocenters. The molecule has 0 radical (unpaired) electrons. The van der Waals surface area contributed by atoms with Crippen LogP contribution in [-0.2, 0) is 17.6 Å². The van der Waals surface area contributed by atoms with Crippen LogP contribution in [0.2, 0.25) is 5.02 Å². The maximum Gasteiger partial charge on any atom is 0.270 e. The van der Waals surface area contributed by atoms with Gasteiger partial charge < -0.3 is 15.4 Å². The summed E-state index contributed by atoms with van der Waals surface area (Å²) in [5.74, 6) is -0.770. The first kappa shape index (κ1) is 20.2. The standard InChI is InChI=1S/C23H23ClFN3O3/c24-17-6-5-16(8-18(17)25)31-10-20(29)27-22-11-23(12-22,13-22)28-21(30)19-7-14-3-1-2-4-15(14)9-26-19/h5-9H,1-4,10-13H2,(H,27,29)(H,28,30). The minimum Gasteiger partial charge on any atom is -0.484 e. The summed E-state index contributed by atoms with van der Waals surface area (Å²) in [5.41, 5.74) is 2.39. The van der Waals surface area contributed by atoms with E-state index in [4.69, 9.17) is 16.3 Å². The topological polar surface area (TPSA) is 80.3 Å². The van der Waals surface area contributed by atoms with E-state index in [9.17, 15) is 14.0 Å². The highest BCUT2D eigenvalue weighted by Crippen LogP contribution is 2.60. The van der Waals surface area contributed by atoms with Crippen molar-refractivity contribution in [2.75, 3.05) is 6.61 Å². The van der Waals surface area contributed by atoms with E-state index in [2.05, 4.69) is 15.6 Å². The number of fused-ring (bicyclic) bond motifs is 1. The van der Waals surface area contributed by atoms with Crippen LogP contribution in [0, 0.1) is 5.82 Å². The smallest absolute Gasteiger partial charge is 0.270 e. The molecular weight excluding hydrogens is 421 g/mol. The number of hydrogen-bond acceptors (Lipinski definition) is 4. The minimum absolute atomic E-state index is 0.00333. The van der Waals surface area contributed by atoms with Gasteiger partial charge in [0.05, 0.1) is 5.02 Å². The Morgan fingerprint density at radius 3 is 2.52 bits per heavy atom. The Balaban J connectivity index is 1.10. The van der Waals surface area contributed by atoms with Crippen molar-refractivity contribution in [3.8, 4) is 5.75 Å². The van der Waals surface area contributed by atoms with Crippen molar-refractivity contribution < 1.29 is 18.7 Å². The number of nitrogens with zero attached hydrogens (tertiary/aromatic N) is 1. The maximum absolute atomic E-state index is 13.4. The molecule has 0 spiro atoms. The summed E-state index contributed by atoms with van der Waals surface area (Å²) in [6, 6.07) is 5.97. The summed E-state index contributed by atoms with van der Waals surface area (Å²) in [6.45, 7) is -0.207. The number of hydrogen-bond donors (Lipinski definition) is 2. The van der Waals surface area contributed by atoms with Crippen LogP contribution in [0.4, 0.5) is 4.39 Å². The van der Waals surface area contributed by atoms with Crippen LogP contribution in [0.5, 0.6) is 5.75 Å². The van der Waals surface area contributed by atoms with Crippen molar-refractivity contribution in [2.24, 2.45) is 0 Å². The maximum atomic E-state index is 13.4. The van der Waals surface area contributed by atoms with Gasteiger partial charge in [0.25, 0.3) is 11.8 Å². The van der Waals surface area contributed by atoms with Gasteiger partial charge in [-0.2, -0.15) is 0 Å². The number of amides is 2. The van der Waals surface area contributed by atoms with Crippen molar-refractivity contribution in [3.05, 3.63) is 58.1 Å². The summed E-state index contributed by atoms with van der Waals surface area (Å²) in [5, 5.41) is 6.10. The lowest BCUT2D eigenvalue weighted by Crippen LogP contribution is -2.84. The van der Waals surface area contributed by atoms with Gasteiger partial charge in [0.2, 0.25) is 0 Å². The molecule has 4 aliphatic carbocycles. The van der Waals surface area contributed by atoms with Crippen molar-refractivity contribution in [1.29, 1.82) is 0 Å². The van der Waals surface area contributed by atoms with Crippen LogP contribution < -0.4 is 15.4 Å². The van der Waals surface area contributed by atoms with Crippen LogP contribution in [0.3, 0.4) is 0 Å². The van der Waals surface area contributed by atoms with Gasteiger partial charge in [-0.15, -0.1) is 0 Å². The Kier molecular flexibility index (Phi) is 4.88. The first-order chi connectivity index (χ1) is 14.9. The van der Waals surface area contributed by atoms with Crippen LogP contribution in [0.25, 0.3) is 0 Å². The van der Waals surface area contributed by atoms with Crippen molar-refractivity contribution >= 4 is 23.4 Å². The lowest BCUT2D eigenvalue weighted by molar-refractivity contribution is -0.141. The van der Waals surface area contributed by atoms with Gasteiger partial charge >= 0.3 is 0 Å². The number of ether oxygens (including phenoxy) is 1. The largest absolute Gasteiger partial charge is 0.484 e. The third-order valence-corrected chi connectivity index (χ3v) is 6.84. The van der Waals surface area contributed by atoms with Crippen LogP contribution in [-0.4, -0.2) is 34.5 Å². The van der Waals surface area contributed by atoms with Crippen LogP contribution in [0.15, 0.2) is 30.5 Å². The zero-order valence-corrected chi connectivity index (χ0v) is 17.7. The monoisotopic (exact) mass is 443 g/mol. The number of carbonyl (C=O) groups excluding carboxylic acids is 2. The number of aryl methyl sites for hydroxylation is 2. The summed E-state index contributed by atoms with van der Waals surface area (Å²) in [7, 11) is 0. The third kappa shape index (κ3) is 3.87. The number of pyridine rings is 1. The zero-order valence-electron chi connectivity index (χ0n) is 17.0. The van der Waals surface area contributed by atoms with E-state index in [0.29, 0.717) is 25.0 Å². The van der Waals surface area contributed by atoms with E-state index in [1.807, 2.05) is 12.3 Å². The molecule has 6 nitrogen and oxygen atoms in total. The molecule has 31 heavy (non-hydrogen) atoms. The fraction of sp³-hybridized carbons (Fsp3) is 0.435. The molecule has 1 aromatic carbocycles. The summed E-state index contributed by atoms with van der Waals surface area (Å²) >= 11 is 5.64. The molecule has 1 aromatic heterocycles. The second kappa shape index (κ2) is 7.48.